The summed E-state index contributed by atoms with van der Waals surface area (Å²) in [7, 11) is 1.53. The molecule has 218 valence electrons. The van der Waals surface area contributed by atoms with Crippen LogP contribution in [0.3, 0.4) is 0 Å². The third kappa shape index (κ3) is 5.08. The topological polar surface area (TPSA) is 98.9 Å². The molecule has 11 heteroatoms. The number of nitrogens with zero attached hydrogens (tertiary/aromatic N) is 4. The van der Waals surface area contributed by atoms with Gasteiger partial charge in [0.25, 0.3) is 0 Å². The van der Waals surface area contributed by atoms with Crippen molar-refractivity contribution < 1.29 is 28.5 Å². The summed E-state index contributed by atoms with van der Waals surface area (Å²) in [5, 5.41) is 10.0. The predicted octanol–water partition coefficient (Wildman–Crippen LogP) is 5.14. The molecule has 1 saturated carbocycles. The average Bonchev–Trinajstić information content (AvgIpc) is 3.26. The first-order valence-electron chi connectivity index (χ1n) is 14.1. The smallest absolute Gasteiger partial charge is 0.335 e. The molecule has 42 heavy (non-hydrogen) atoms. The number of halogens is 2. The van der Waals surface area contributed by atoms with E-state index in [-0.39, 0.29) is 18.3 Å². The number of ether oxygens (including phenoxy) is 3. The van der Waals surface area contributed by atoms with Gasteiger partial charge in [-0.2, -0.15) is 0 Å². The van der Waals surface area contributed by atoms with Crippen molar-refractivity contribution in [3.63, 3.8) is 0 Å². The summed E-state index contributed by atoms with van der Waals surface area (Å²) in [6.07, 6.45) is 1.06. The SMILES string of the molecule is COc1cc(C(=O)O)cc2c1nc(CN1C[C@@H]3C(c4cccc(OCc5ccc(Cl)cc5F)n4)[C@@H]3C1)n2C[C@@H]1CCO1. The predicted molar refractivity (Wildman–Crippen MR) is 153 cm³/mol. The van der Waals surface area contributed by atoms with Gasteiger partial charge in [0.05, 0.1) is 37.4 Å². The Morgan fingerprint density at radius 2 is 1.98 bits per heavy atom. The van der Waals surface area contributed by atoms with Crippen molar-refractivity contribution in [3.8, 4) is 11.6 Å². The Hall–Kier alpha value is -3.73. The first kappa shape index (κ1) is 27.1. The van der Waals surface area contributed by atoms with E-state index in [1.807, 2.05) is 12.1 Å². The highest BCUT2D eigenvalue weighted by Gasteiger charge is 2.57. The molecular weight excluding hydrogens is 563 g/mol. The molecule has 4 atom stereocenters. The maximum Gasteiger partial charge on any atom is 0.335 e. The Morgan fingerprint density at radius 3 is 2.67 bits per heavy atom. The van der Waals surface area contributed by atoms with Crippen molar-refractivity contribution in [3.05, 3.63) is 82.0 Å². The molecule has 3 fully saturated rings. The Morgan fingerprint density at radius 1 is 1.17 bits per heavy atom. The summed E-state index contributed by atoms with van der Waals surface area (Å²) >= 11 is 5.85. The fourth-order valence-corrected chi connectivity index (χ4v) is 6.50. The Kier molecular flexibility index (Phi) is 7.00. The van der Waals surface area contributed by atoms with E-state index in [1.165, 1.54) is 19.2 Å². The molecule has 4 aromatic rings. The molecule has 9 nitrogen and oxygen atoms in total. The van der Waals surface area contributed by atoms with Crippen LogP contribution in [0.15, 0.2) is 48.5 Å². The number of benzene rings is 2. The van der Waals surface area contributed by atoms with Crippen LogP contribution in [0, 0.1) is 17.7 Å². The normalized spacial score (nSPS) is 23.0. The van der Waals surface area contributed by atoms with Crippen molar-refractivity contribution in [1.29, 1.82) is 0 Å². The van der Waals surface area contributed by atoms with E-state index in [9.17, 15) is 14.3 Å². The molecule has 1 aliphatic carbocycles. The third-order valence-electron chi connectivity index (χ3n) is 8.66. The van der Waals surface area contributed by atoms with Gasteiger partial charge in [-0.05, 0) is 48.6 Å². The van der Waals surface area contributed by atoms with E-state index in [4.69, 9.17) is 35.8 Å². The molecule has 1 N–H and O–H groups in total. The number of aromatic nitrogens is 3. The molecule has 4 heterocycles. The second-order valence-electron chi connectivity index (χ2n) is 11.2. The van der Waals surface area contributed by atoms with Crippen LogP contribution in [-0.4, -0.2) is 63.4 Å². The lowest BCUT2D eigenvalue weighted by Gasteiger charge is -2.28. The minimum Gasteiger partial charge on any atom is -0.494 e. The van der Waals surface area contributed by atoms with Crippen LogP contribution >= 0.6 is 11.6 Å². The second-order valence-corrected chi connectivity index (χ2v) is 11.7. The van der Waals surface area contributed by atoms with E-state index in [0.717, 1.165) is 43.2 Å². The first-order chi connectivity index (χ1) is 20.4. The minimum absolute atomic E-state index is 0.0798. The van der Waals surface area contributed by atoms with Crippen molar-refractivity contribution in [2.45, 2.75) is 38.1 Å². The molecule has 2 aromatic carbocycles. The number of rotatable bonds is 10. The van der Waals surface area contributed by atoms with Crippen molar-refractivity contribution in [2.24, 2.45) is 11.8 Å². The summed E-state index contributed by atoms with van der Waals surface area (Å²) in [6, 6.07) is 13.5. The van der Waals surface area contributed by atoms with Crippen LogP contribution in [0.5, 0.6) is 11.6 Å². The van der Waals surface area contributed by atoms with E-state index in [1.54, 1.807) is 24.3 Å². The largest absolute Gasteiger partial charge is 0.494 e. The summed E-state index contributed by atoms with van der Waals surface area (Å²) in [5.41, 5.74) is 3.01. The lowest BCUT2D eigenvalue weighted by Crippen LogP contribution is -2.33. The number of fused-ring (bicyclic) bond motifs is 2. The van der Waals surface area contributed by atoms with Crippen LogP contribution in [0.1, 0.15) is 39.8 Å². The Bertz CT molecular complexity index is 1660. The monoisotopic (exact) mass is 592 g/mol. The van der Waals surface area contributed by atoms with E-state index in [2.05, 4.69) is 9.47 Å². The van der Waals surface area contributed by atoms with Gasteiger partial charge >= 0.3 is 5.97 Å². The van der Waals surface area contributed by atoms with Gasteiger partial charge in [0.2, 0.25) is 5.88 Å². The summed E-state index contributed by atoms with van der Waals surface area (Å²) < 4.78 is 33.3. The summed E-state index contributed by atoms with van der Waals surface area (Å²) in [5.74, 6) is 1.74. The molecule has 2 aliphatic heterocycles. The molecule has 0 spiro atoms. The average molecular weight is 593 g/mol. The van der Waals surface area contributed by atoms with Gasteiger partial charge in [0, 0.05) is 48.0 Å². The number of aromatic carboxylic acids is 1. The van der Waals surface area contributed by atoms with E-state index < -0.39 is 11.8 Å². The highest BCUT2D eigenvalue weighted by atomic mass is 35.5. The highest BCUT2D eigenvalue weighted by molar-refractivity contribution is 6.30. The molecule has 1 unspecified atom stereocenters. The standard InChI is InChI=1S/C31H30ClFN4O5/c1-40-26-10-18(31(38)39)9-25-30(26)35-27(37(25)12-20-7-8-41-20)15-36-13-21-22(14-36)29(21)24-3-2-4-28(34-24)42-16-17-5-6-19(32)11-23(17)33/h2-6,9-11,20-22,29H,7-8,12-16H2,1H3,(H,38,39)/t20-,21-,22+,29?/m0/s1. The molecule has 0 amide bonds. The van der Waals surface area contributed by atoms with Crippen LogP contribution in [0.4, 0.5) is 4.39 Å². The summed E-state index contributed by atoms with van der Waals surface area (Å²) in [4.78, 5) is 23.9. The van der Waals surface area contributed by atoms with Crippen LogP contribution in [0.25, 0.3) is 11.0 Å². The van der Waals surface area contributed by atoms with Gasteiger partial charge in [-0.1, -0.05) is 23.7 Å². The number of hydrogen-bond donors (Lipinski definition) is 1. The van der Waals surface area contributed by atoms with Crippen LogP contribution in [0.2, 0.25) is 5.02 Å². The minimum atomic E-state index is -1.00. The number of carboxylic acid groups (broad SMARTS) is 1. The van der Waals surface area contributed by atoms with Crippen molar-refractivity contribution in [2.75, 3.05) is 26.8 Å². The maximum atomic E-state index is 14.1. The lowest BCUT2D eigenvalue weighted by molar-refractivity contribution is -0.0591. The van der Waals surface area contributed by atoms with Crippen LogP contribution < -0.4 is 9.47 Å². The highest BCUT2D eigenvalue weighted by Crippen LogP contribution is 2.58. The quantitative estimate of drug-likeness (QED) is 0.270. The Labute approximate surface area is 246 Å². The van der Waals surface area contributed by atoms with Crippen molar-refractivity contribution >= 4 is 28.6 Å². The zero-order valence-electron chi connectivity index (χ0n) is 23.0. The number of carbonyl (C=O) groups is 1. The third-order valence-corrected chi connectivity index (χ3v) is 8.89. The van der Waals surface area contributed by atoms with Crippen LogP contribution in [-0.2, 0) is 24.4 Å². The molecule has 7 rings (SSSR count). The number of piperidine rings is 1. The first-order valence-corrected chi connectivity index (χ1v) is 14.4. The summed E-state index contributed by atoms with van der Waals surface area (Å²) in [6.45, 7) is 3.92. The van der Waals surface area contributed by atoms with E-state index in [0.29, 0.717) is 58.6 Å². The van der Waals surface area contributed by atoms with Gasteiger partial charge in [-0.3, -0.25) is 4.90 Å². The van der Waals surface area contributed by atoms with Crippen molar-refractivity contribution in [1.82, 2.24) is 19.4 Å². The molecule has 2 saturated heterocycles. The van der Waals surface area contributed by atoms with Gasteiger partial charge in [0.15, 0.2) is 0 Å². The molecule has 3 aliphatic rings. The van der Waals surface area contributed by atoms with E-state index >= 15 is 0 Å². The molecule has 0 bridgehead atoms. The lowest BCUT2D eigenvalue weighted by atomic mass is 10.1. The zero-order chi connectivity index (χ0) is 29.0. The van der Waals surface area contributed by atoms with Gasteiger partial charge in [0.1, 0.15) is 29.5 Å². The Balaban J connectivity index is 1.05. The molecule has 2 aromatic heterocycles. The molecular formula is C31H30ClFN4O5. The molecule has 0 radical (unpaired) electrons. The number of hydrogen-bond acceptors (Lipinski definition) is 7. The maximum absolute atomic E-state index is 14.1. The number of pyridine rings is 1. The number of methoxy groups -OCH3 is 1. The van der Waals surface area contributed by atoms with Gasteiger partial charge < -0.3 is 23.9 Å². The zero-order valence-corrected chi connectivity index (χ0v) is 23.8. The fourth-order valence-electron chi connectivity index (χ4n) is 6.34. The number of carboxylic acids is 1. The van der Waals surface area contributed by atoms with Gasteiger partial charge in [-0.15, -0.1) is 0 Å². The fraction of sp³-hybridized carbons (Fsp3) is 0.387. The van der Waals surface area contributed by atoms with Gasteiger partial charge in [-0.25, -0.2) is 19.2 Å². The second kappa shape index (κ2) is 10.8. The number of imidazole rings is 1. The number of likely N-dealkylation sites (tertiary alicyclic amines) is 1.